The van der Waals surface area contributed by atoms with Crippen molar-refractivity contribution >= 4 is 11.6 Å². The number of hydrogen-bond acceptors (Lipinski definition) is 2. The highest BCUT2D eigenvalue weighted by atomic mass is 35.5. The third kappa shape index (κ3) is 1.05. The molecule has 0 N–H and O–H groups in total. The summed E-state index contributed by atoms with van der Waals surface area (Å²) in [6.07, 6.45) is 7.70. The minimum atomic E-state index is -0.231. The van der Waals surface area contributed by atoms with Gasteiger partial charge < -0.3 is 9.47 Å². The molecule has 2 spiro atoms. The summed E-state index contributed by atoms with van der Waals surface area (Å²) in [4.78, 5) is 0. The Balaban J connectivity index is 1.82. The summed E-state index contributed by atoms with van der Waals surface area (Å²) < 4.78 is 12.0. The van der Waals surface area contributed by atoms with Crippen LogP contribution in [0.5, 0.6) is 0 Å². The first-order valence-electron chi connectivity index (χ1n) is 5.68. The topological polar surface area (TPSA) is 18.5 Å². The molecule has 3 heteroatoms. The molecule has 80 valence electrons. The van der Waals surface area contributed by atoms with E-state index in [0.717, 1.165) is 6.42 Å². The second-order valence-corrected chi connectivity index (χ2v) is 5.25. The molecule has 2 saturated carbocycles. The van der Waals surface area contributed by atoms with Crippen LogP contribution in [0.1, 0.15) is 38.5 Å². The molecule has 2 nitrogen and oxygen atoms in total. The summed E-state index contributed by atoms with van der Waals surface area (Å²) in [5, 5.41) is 0. The molecule has 2 unspecified atom stereocenters. The first-order valence-corrected chi connectivity index (χ1v) is 6.22. The molecule has 1 heterocycles. The van der Waals surface area contributed by atoms with Gasteiger partial charge in [0.05, 0.1) is 18.6 Å². The van der Waals surface area contributed by atoms with E-state index in [1.807, 2.05) is 0 Å². The van der Waals surface area contributed by atoms with Crippen molar-refractivity contribution in [2.45, 2.75) is 50.4 Å². The van der Waals surface area contributed by atoms with Gasteiger partial charge >= 0.3 is 0 Å². The van der Waals surface area contributed by atoms with Crippen LogP contribution in [0.15, 0.2) is 0 Å². The lowest BCUT2D eigenvalue weighted by atomic mass is 9.64. The van der Waals surface area contributed by atoms with Crippen molar-refractivity contribution in [3.63, 3.8) is 0 Å². The summed E-state index contributed by atoms with van der Waals surface area (Å²) in [6.45, 7) is 0.700. The Kier molecular flexibility index (Phi) is 2.09. The third-order valence-corrected chi connectivity index (χ3v) is 4.66. The van der Waals surface area contributed by atoms with Gasteiger partial charge in [0, 0.05) is 11.8 Å². The molecule has 0 bridgehead atoms. The Labute approximate surface area is 89.9 Å². The SMILES string of the molecule is ClCC1COC2(CCCC23CCC3)O1. The van der Waals surface area contributed by atoms with Crippen molar-refractivity contribution in [1.29, 1.82) is 0 Å². The van der Waals surface area contributed by atoms with Crippen molar-refractivity contribution in [2.24, 2.45) is 5.41 Å². The van der Waals surface area contributed by atoms with Gasteiger partial charge in [-0.15, -0.1) is 11.6 Å². The Morgan fingerprint density at radius 1 is 1.14 bits per heavy atom. The smallest absolute Gasteiger partial charge is 0.174 e. The van der Waals surface area contributed by atoms with E-state index in [0.29, 0.717) is 17.9 Å². The molecule has 0 aromatic carbocycles. The second-order valence-electron chi connectivity index (χ2n) is 4.95. The summed E-state index contributed by atoms with van der Waals surface area (Å²) in [6, 6.07) is 0. The Bertz CT molecular complexity index is 239. The fraction of sp³-hybridized carbons (Fsp3) is 1.00. The highest BCUT2D eigenvalue weighted by molar-refractivity contribution is 6.18. The van der Waals surface area contributed by atoms with Crippen LogP contribution in [-0.2, 0) is 9.47 Å². The van der Waals surface area contributed by atoms with E-state index in [1.54, 1.807) is 0 Å². The zero-order valence-electron chi connectivity index (χ0n) is 8.43. The van der Waals surface area contributed by atoms with Crippen molar-refractivity contribution in [1.82, 2.24) is 0 Å². The van der Waals surface area contributed by atoms with Gasteiger partial charge in [-0.2, -0.15) is 0 Å². The Morgan fingerprint density at radius 3 is 2.43 bits per heavy atom. The maximum absolute atomic E-state index is 6.06. The van der Waals surface area contributed by atoms with Crippen LogP contribution in [0.3, 0.4) is 0 Å². The van der Waals surface area contributed by atoms with Gasteiger partial charge in [-0.05, 0) is 25.7 Å². The number of hydrogen-bond donors (Lipinski definition) is 0. The third-order valence-electron chi connectivity index (χ3n) is 4.31. The molecular formula is C11H17ClO2. The van der Waals surface area contributed by atoms with Gasteiger partial charge in [-0.1, -0.05) is 6.42 Å². The highest BCUT2D eigenvalue weighted by Crippen LogP contribution is 2.62. The largest absolute Gasteiger partial charge is 0.347 e. The molecule has 0 amide bonds. The predicted octanol–water partition coefficient (Wildman–Crippen LogP) is 2.69. The summed E-state index contributed by atoms with van der Waals surface area (Å²) in [5.74, 6) is 0.336. The van der Waals surface area contributed by atoms with Crippen LogP contribution < -0.4 is 0 Å². The molecule has 0 aromatic heterocycles. The standard InChI is InChI=1S/C11H17ClO2/c12-7-9-8-13-11(14-9)6-2-5-10(11)3-1-4-10/h9H,1-8H2. The van der Waals surface area contributed by atoms with Crippen LogP contribution >= 0.6 is 11.6 Å². The maximum Gasteiger partial charge on any atom is 0.174 e. The highest BCUT2D eigenvalue weighted by Gasteiger charge is 2.62. The first-order chi connectivity index (χ1) is 6.80. The minimum absolute atomic E-state index is 0.132. The number of ether oxygens (including phenoxy) is 2. The molecule has 3 fully saturated rings. The summed E-state index contributed by atoms with van der Waals surface area (Å²) >= 11 is 5.82. The zero-order chi connectivity index (χ0) is 9.65. The zero-order valence-corrected chi connectivity index (χ0v) is 9.18. The quantitative estimate of drug-likeness (QED) is 0.628. The second kappa shape index (κ2) is 3.10. The van der Waals surface area contributed by atoms with Crippen LogP contribution in [0.4, 0.5) is 0 Å². The summed E-state index contributed by atoms with van der Waals surface area (Å²) in [5.41, 5.74) is 0.369. The first kappa shape index (κ1) is 9.44. The number of fused-ring (bicyclic) bond motifs is 1. The van der Waals surface area contributed by atoms with Crippen molar-refractivity contribution in [3.8, 4) is 0 Å². The molecule has 3 rings (SSSR count). The monoisotopic (exact) mass is 216 g/mol. The molecule has 1 saturated heterocycles. The van der Waals surface area contributed by atoms with Crippen LogP contribution in [0.25, 0.3) is 0 Å². The lowest BCUT2D eigenvalue weighted by Gasteiger charge is -2.48. The van der Waals surface area contributed by atoms with Gasteiger partial charge in [0.15, 0.2) is 5.79 Å². The van der Waals surface area contributed by atoms with Gasteiger partial charge in [-0.25, -0.2) is 0 Å². The van der Waals surface area contributed by atoms with E-state index in [1.165, 1.54) is 32.1 Å². The van der Waals surface area contributed by atoms with Gasteiger partial charge in [0.1, 0.15) is 0 Å². The van der Waals surface area contributed by atoms with E-state index in [9.17, 15) is 0 Å². The van der Waals surface area contributed by atoms with Crippen molar-refractivity contribution < 1.29 is 9.47 Å². The molecule has 2 aliphatic carbocycles. The minimum Gasteiger partial charge on any atom is -0.347 e. The molecular weight excluding hydrogens is 200 g/mol. The fourth-order valence-electron chi connectivity index (χ4n) is 3.40. The Morgan fingerprint density at radius 2 is 1.86 bits per heavy atom. The molecule has 0 radical (unpaired) electrons. The average molecular weight is 217 g/mol. The molecule has 2 atom stereocenters. The van der Waals surface area contributed by atoms with E-state index in [4.69, 9.17) is 21.1 Å². The van der Waals surface area contributed by atoms with E-state index in [-0.39, 0.29) is 11.9 Å². The molecule has 1 aliphatic heterocycles. The lowest BCUT2D eigenvalue weighted by Crippen LogP contribution is -2.49. The average Bonchev–Trinajstić information content (AvgIpc) is 2.70. The van der Waals surface area contributed by atoms with Gasteiger partial charge in [0.2, 0.25) is 0 Å². The Hall–Kier alpha value is 0.210. The van der Waals surface area contributed by atoms with Crippen molar-refractivity contribution in [2.75, 3.05) is 12.5 Å². The van der Waals surface area contributed by atoms with E-state index >= 15 is 0 Å². The van der Waals surface area contributed by atoms with E-state index in [2.05, 4.69) is 0 Å². The normalized spacial score (nSPS) is 44.8. The number of rotatable bonds is 1. The predicted molar refractivity (Wildman–Crippen MR) is 54.4 cm³/mol. The number of halogens is 1. The van der Waals surface area contributed by atoms with Crippen LogP contribution in [0, 0.1) is 5.41 Å². The van der Waals surface area contributed by atoms with Gasteiger partial charge in [-0.3, -0.25) is 0 Å². The van der Waals surface area contributed by atoms with Gasteiger partial charge in [0.25, 0.3) is 0 Å². The molecule has 3 aliphatic rings. The summed E-state index contributed by atoms with van der Waals surface area (Å²) in [7, 11) is 0. The lowest BCUT2D eigenvalue weighted by molar-refractivity contribution is -0.250. The van der Waals surface area contributed by atoms with E-state index < -0.39 is 0 Å². The van der Waals surface area contributed by atoms with Crippen molar-refractivity contribution in [3.05, 3.63) is 0 Å². The number of alkyl halides is 1. The van der Waals surface area contributed by atoms with Crippen LogP contribution in [-0.4, -0.2) is 24.4 Å². The van der Waals surface area contributed by atoms with Crippen LogP contribution in [0.2, 0.25) is 0 Å². The maximum atomic E-state index is 6.06. The molecule has 0 aromatic rings. The molecule has 14 heavy (non-hydrogen) atoms. The fourth-order valence-corrected chi connectivity index (χ4v) is 3.55.